The number of nitrogens with zero attached hydrogens (tertiary/aromatic N) is 2. The molecule has 0 aliphatic carbocycles. The van der Waals surface area contributed by atoms with Gasteiger partial charge in [-0.2, -0.15) is 5.26 Å². The van der Waals surface area contributed by atoms with Gasteiger partial charge in [0.05, 0.1) is 17.8 Å². The second kappa shape index (κ2) is 4.58. The number of rotatable bonds is 2. The Morgan fingerprint density at radius 3 is 3.06 bits per heavy atom. The number of aromatic nitrogens is 1. The van der Waals surface area contributed by atoms with Crippen LogP contribution in [0, 0.1) is 17.1 Å². The summed E-state index contributed by atoms with van der Waals surface area (Å²) in [5, 5.41) is 11.6. The zero-order valence-electron chi connectivity index (χ0n) is 8.77. The summed E-state index contributed by atoms with van der Waals surface area (Å²) in [7, 11) is 0. The summed E-state index contributed by atoms with van der Waals surface area (Å²) in [6.07, 6.45) is 0.915. The van der Waals surface area contributed by atoms with Crippen molar-refractivity contribution in [2.24, 2.45) is 0 Å². The van der Waals surface area contributed by atoms with Crippen LogP contribution < -0.4 is 5.32 Å². The lowest BCUT2D eigenvalue weighted by Crippen LogP contribution is -2.09. The molecular formula is C12H8FN3O. The summed E-state index contributed by atoms with van der Waals surface area (Å²) in [4.78, 5) is 15.1. The summed E-state index contributed by atoms with van der Waals surface area (Å²) in [6, 6.07) is 8.05. The normalized spacial score (nSPS) is 9.88. The predicted molar refractivity (Wildman–Crippen MR) is 60.6 cm³/mol. The molecule has 2 aromatic rings. The van der Waals surface area contributed by atoms with E-state index < -0.39 is 5.82 Å². The van der Waals surface area contributed by atoms with Crippen LogP contribution in [0.5, 0.6) is 0 Å². The first-order valence-corrected chi connectivity index (χ1v) is 4.91. The number of halogens is 1. The second-order valence-electron chi connectivity index (χ2n) is 3.44. The predicted octanol–water partition coefficient (Wildman–Crippen LogP) is 2.23. The van der Waals surface area contributed by atoms with Crippen LogP contribution in [0.15, 0.2) is 30.5 Å². The van der Waals surface area contributed by atoms with E-state index in [-0.39, 0.29) is 12.3 Å². The lowest BCUT2D eigenvalue weighted by atomic mass is 10.2. The van der Waals surface area contributed by atoms with Crippen LogP contribution in [0.2, 0.25) is 0 Å². The Bertz CT molecular complexity index is 619. The Labute approximate surface area is 96.7 Å². The van der Waals surface area contributed by atoms with Gasteiger partial charge >= 0.3 is 0 Å². The largest absolute Gasteiger partial charge is 0.325 e. The molecule has 84 valence electrons. The smallest absolute Gasteiger partial charge is 0.238 e. The van der Waals surface area contributed by atoms with Crippen molar-refractivity contribution in [2.45, 2.75) is 6.42 Å². The van der Waals surface area contributed by atoms with E-state index in [9.17, 15) is 9.18 Å². The van der Waals surface area contributed by atoms with Crippen molar-refractivity contribution in [1.82, 2.24) is 4.98 Å². The number of nitriles is 1. The summed E-state index contributed by atoms with van der Waals surface area (Å²) < 4.78 is 12.9. The third kappa shape index (κ3) is 2.55. The average Bonchev–Trinajstić information content (AvgIpc) is 2.29. The Hall–Kier alpha value is -2.48. The fourth-order valence-electron chi connectivity index (χ4n) is 1.45. The molecule has 0 saturated heterocycles. The summed E-state index contributed by atoms with van der Waals surface area (Å²) >= 11 is 0. The van der Waals surface area contributed by atoms with Gasteiger partial charge in [0, 0.05) is 11.1 Å². The van der Waals surface area contributed by atoms with E-state index >= 15 is 0 Å². The van der Waals surface area contributed by atoms with Crippen LogP contribution in [0.1, 0.15) is 6.42 Å². The standard InChI is InChI=1S/C12H8FN3O/c13-9-5-8-1-2-10(6-11(8)15-7-9)16-12(17)3-4-14/h1-2,5-7H,3H2,(H,16,17). The molecule has 0 bridgehead atoms. The number of carbonyl (C=O) groups excluding carboxylic acids is 1. The van der Waals surface area contributed by atoms with E-state index in [1.807, 2.05) is 0 Å². The SMILES string of the molecule is N#CCC(=O)Nc1ccc2cc(F)cnc2c1. The van der Waals surface area contributed by atoms with Gasteiger partial charge in [0.2, 0.25) is 5.91 Å². The van der Waals surface area contributed by atoms with Gasteiger partial charge in [0.1, 0.15) is 12.2 Å². The highest BCUT2D eigenvalue weighted by Gasteiger charge is 2.03. The second-order valence-corrected chi connectivity index (χ2v) is 3.44. The summed E-state index contributed by atoms with van der Waals surface area (Å²) in [5.41, 5.74) is 1.12. The van der Waals surface area contributed by atoms with Gasteiger partial charge in [0.25, 0.3) is 0 Å². The van der Waals surface area contributed by atoms with E-state index in [4.69, 9.17) is 5.26 Å². The minimum atomic E-state index is -0.404. The monoisotopic (exact) mass is 229 g/mol. The first-order chi connectivity index (χ1) is 8.19. The number of pyridine rings is 1. The van der Waals surface area contributed by atoms with Crippen molar-refractivity contribution in [2.75, 3.05) is 5.32 Å². The Kier molecular flexibility index (Phi) is 2.97. The van der Waals surface area contributed by atoms with Crippen LogP contribution in [-0.2, 0) is 4.79 Å². The van der Waals surface area contributed by atoms with E-state index in [2.05, 4.69) is 10.3 Å². The summed E-state index contributed by atoms with van der Waals surface area (Å²) in [6.45, 7) is 0. The molecule has 17 heavy (non-hydrogen) atoms. The topological polar surface area (TPSA) is 65.8 Å². The lowest BCUT2D eigenvalue weighted by Gasteiger charge is -2.04. The quantitative estimate of drug-likeness (QED) is 0.858. The van der Waals surface area contributed by atoms with Gasteiger partial charge in [-0.25, -0.2) is 4.39 Å². The van der Waals surface area contributed by atoms with Crippen molar-refractivity contribution in [3.8, 4) is 6.07 Å². The number of hydrogen-bond donors (Lipinski definition) is 1. The van der Waals surface area contributed by atoms with Gasteiger partial charge in [0.15, 0.2) is 0 Å². The molecule has 1 aromatic heterocycles. The number of benzene rings is 1. The molecule has 5 heteroatoms. The van der Waals surface area contributed by atoms with Gasteiger partial charge in [-0.05, 0) is 18.2 Å². The minimum Gasteiger partial charge on any atom is -0.325 e. The van der Waals surface area contributed by atoms with E-state index in [0.717, 1.165) is 6.20 Å². The number of anilines is 1. The maximum absolute atomic E-state index is 12.9. The Morgan fingerprint density at radius 1 is 1.47 bits per heavy atom. The molecule has 1 aromatic carbocycles. The van der Waals surface area contributed by atoms with Crippen molar-refractivity contribution in [3.63, 3.8) is 0 Å². The molecule has 0 aliphatic rings. The molecule has 0 unspecified atom stereocenters. The number of hydrogen-bond acceptors (Lipinski definition) is 3. The molecule has 1 heterocycles. The number of nitrogens with one attached hydrogen (secondary N) is 1. The molecule has 0 saturated carbocycles. The number of carbonyl (C=O) groups is 1. The molecule has 1 amide bonds. The molecule has 2 rings (SSSR count). The molecule has 0 fully saturated rings. The molecule has 0 aliphatic heterocycles. The summed E-state index contributed by atoms with van der Waals surface area (Å²) in [5.74, 6) is -0.785. The molecule has 1 N–H and O–H groups in total. The zero-order chi connectivity index (χ0) is 12.3. The third-order valence-corrected chi connectivity index (χ3v) is 2.17. The molecule has 0 spiro atoms. The maximum atomic E-state index is 12.9. The van der Waals surface area contributed by atoms with Crippen LogP contribution in [0.25, 0.3) is 10.9 Å². The Balaban J connectivity index is 2.29. The molecule has 0 atom stereocenters. The highest BCUT2D eigenvalue weighted by atomic mass is 19.1. The molecular weight excluding hydrogens is 221 g/mol. The number of fused-ring (bicyclic) bond motifs is 1. The van der Waals surface area contributed by atoms with Gasteiger partial charge in [-0.1, -0.05) is 6.07 Å². The fourth-order valence-corrected chi connectivity index (χ4v) is 1.45. The highest BCUT2D eigenvalue weighted by Crippen LogP contribution is 2.18. The van der Waals surface area contributed by atoms with Gasteiger partial charge in [-0.15, -0.1) is 0 Å². The van der Waals surface area contributed by atoms with E-state index in [0.29, 0.717) is 16.6 Å². The van der Waals surface area contributed by atoms with E-state index in [1.54, 1.807) is 24.3 Å². The fraction of sp³-hybridized carbons (Fsp3) is 0.0833. The van der Waals surface area contributed by atoms with Crippen molar-refractivity contribution in [1.29, 1.82) is 5.26 Å². The average molecular weight is 229 g/mol. The van der Waals surface area contributed by atoms with Crippen LogP contribution in [-0.4, -0.2) is 10.9 Å². The van der Waals surface area contributed by atoms with Gasteiger partial charge in [-0.3, -0.25) is 9.78 Å². The van der Waals surface area contributed by atoms with Crippen molar-refractivity contribution in [3.05, 3.63) is 36.3 Å². The molecule has 4 nitrogen and oxygen atoms in total. The minimum absolute atomic E-state index is 0.200. The maximum Gasteiger partial charge on any atom is 0.238 e. The van der Waals surface area contributed by atoms with Crippen LogP contribution in [0.4, 0.5) is 10.1 Å². The highest BCUT2D eigenvalue weighted by molar-refractivity contribution is 5.94. The lowest BCUT2D eigenvalue weighted by molar-refractivity contribution is -0.115. The van der Waals surface area contributed by atoms with Crippen LogP contribution in [0.3, 0.4) is 0 Å². The van der Waals surface area contributed by atoms with Crippen LogP contribution >= 0.6 is 0 Å². The first-order valence-electron chi connectivity index (χ1n) is 4.91. The third-order valence-electron chi connectivity index (χ3n) is 2.17. The molecule has 0 radical (unpaired) electrons. The Morgan fingerprint density at radius 2 is 2.29 bits per heavy atom. The zero-order valence-corrected chi connectivity index (χ0v) is 8.77. The van der Waals surface area contributed by atoms with Crippen molar-refractivity contribution < 1.29 is 9.18 Å². The van der Waals surface area contributed by atoms with Crippen molar-refractivity contribution >= 4 is 22.5 Å². The number of amides is 1. The van der Waals surface area contributed by atoms with Gasteiger partial charge < -0.3 is 5.32 Å². The first kappa shape index (κ1) is 11.0. The van der Waals surface area contributed by atoms with E-state index in [1.165, 1.54) is 6.07 Å².